The summed E-state index contributed by atoms with van der Waals surface area (Å²) in [5, 5.41) is 4.18. The third-order valence-corrected chi connectivity index (χ3v) is 6.30. The molecular weight excluding hydrogens is 498 g/mol. The molecule has 0 saturated heterocycles. The van der Waals surface area contributed by atoms with Gasteiger partial charge in [-0.15, -0.1) is 0 Å². The van der Waals surface area contributed by atoms with E-state index in [0.29, 0.717) is 11.1 Å². The average Bonchev–Trinajstić information content (AvgIpc) is 2.90. The van der Waals surface area contributed by atoms with E-state index in [9.17, 15) is 26.3 Å². The van der Waals surface area contributed by atoms with Crippen LogP contribution in [0.2, 0.25) is 0 Å². The summed E-state index contributed by atoms with van der Waals surface area (Å²) in [5.74, 6) is 0. The maximum atomic E-state index is 12.8. The van der Waals surface area contributed by atoms with E-state index in [2.05, 4.69) is 0 Å². The first-order chi connectivity index (χ1) is 18.1. The van der Waals surface area contributed by atoms with Gasteiger partial charge in [0.05, 0.1) is 11.1 Å². The fraction of sp³-hybridized carbons (Fsp3) is 0.0625. The number of alkyl halides is 6. The van der Waals surface area contributed by atoms with E-state index in [4.69, 9.17) is 0 Å². The lowest BCUT2D eigenvalue weighted by molar-refractivity contribution is -0.138. The molecule has 0 aliphatic heterocycles. The molecule has 0 spiro atoms. The van der Waals surface area contributed by atoms with Crippen LogP contribution in [0.3, 0.4) is 0 Å². The zero-order chi connectivity index (χ0) is 26.9. The first-order valence-electron chi connectivity index (χ1n) is 11.7. The predicted octanol–water partition coefficient (Wildman–Crippen LogP) is 10.4. The predicted molar refractivity (Wildman–Crippen MR) is 142 cm³/mol. The van der Waals surface area contributed by atoms with E-state index in [0.717, 1.165) is 56.9 Å². The zero-order valence-electron chi connectivity index (χ0n) is 19.8. The summed E-state index contributed by atoms with van der Waals surface area (Å²) in [7, 11) is 0. The van der Waals surface area contributed by atoms with Gasteiger partial charge in [-0.05, 0) is 80.2 Å². The smallest absolute Gasteiger partial charge is 0.166 e. The van der Waals surface area contributed by atoms with Gasteiger partial charge in [0.15, 0.2) is 0 Å². The van der Waals surface area contributed by atoms with Gasteiger partial charge >= 0.3 is 12.4 Å². The number of benzene rings is 5. The molecule has 0 heterocycles. The Labute approximate surface area is 215 Å². The Balaban J connectivity index is 1.35. The molecular formula is C32H20F6. The number of hydrogen-bond donors (Lipinski definition) is 0. The van der Waals surface area contributed by atoms with Gasteiger partial charge in [0.25, 0.3) is 0 Å². The highest BCUT2D eigenvalue weighted by Crippen LogP contribution is 2.31. The van der Waals surface area contributed by atoms with Gasteiger partial charge < -0.3 is 0 Å². The quantitative estimate of drug-likeness (QED) is 0.126. The van der Waals surface area contributed by atoms with Crippen LogP contribution in [0.25, 0.3) is 45.8 Å². The van der Waals surface area contributed by atoms with Crippen molar-refractivity contribution in [1.82, 2.24) is 0 Å². The van der Waals surface area contributed by atoms with E-state index < -0.39 is 23.5 Å². The van der Waals surface area contributed by atoms with Gasteiger partial charge in [-0.25, -0.2) is 0 Å². The van der Waals surface area contributed by atoms with E-state index in [1.807, 2.05) is 60.7 Å². The molecule has 0 bridgehead atoms. The summed E-state index contributed by atoms with van der Waals surface area (Å²) in [6.45, 7) is 0. The van der Waals surface area contributed by atoms with Crippen LogP contribution < -0.4 is 0 Å². The number of fused-ring (bicyclic) bond motifs is 3. The molecule has 190 valence electrons. The second-order valence-electron chi connectivity index (χ2n) is 8.93. The molecule has 38 heavy (non-hydrogen) atoms. The minimum absolute atomic E-state index is 0.675. The van der Waals surface area contributed by atoms with Crippen molar-refractivity contribution in [1.29, 1.82) is 0 Å². The summed E-state index contributed by atoms with van der Waals surface area (Å²) >= 11 is 0. The molecule has 0 aliphatic rings. The molecule has 0 saturated carbocycles. The van der Waals surface area contributed by atoms with Crippen molar-refractivity contribution in [2.75, 3.05) is 0 Å². The Morgan fingerprint density at radius 3 is 1.03 bits per heavy atom. The number of halogens is 6. The normalized spacial score (nSPS) is 12.8. The van der Waals surface area contributed by atoms with Crippen molar-refractivity contribution in [2.45, 2.75) is 12.4 Å². The van der Waals surface area contributed by atoms with Crippen LogP contribution >= 0.6 is 0 Å². The van der Waals surface area contributed by atoms with Crippen molar-refractivity contribution < 1.29 is 26.3 Å². The molecule has 5 aromatic rings. The van der Waals surface area contributed by atoms with Crippen molar-refractivity contribution in [3.8, 4) is 0 Å². The molecule has 0 atom stereocenters. The lowest BCUT2D eigenvalue weighted by Crippen LogP contribution is -2.03. The molecule has 0 N–H and O–H groups in total. The molecule has 0 nitrogen and oxygen atoms in total. The van der Waals surface area contributed by atoms with Gasteiger partial charge in [0.1, 0.15) is 0 Å². The van der Waals surface area contributed by atoms with E-state index in [1.165, 1.54) is 24.3 Å². The molecule has 0 radical (unpaired) electrons. The van der Waals surface area contributed by atoms with Crippen molar-refractivity contribution >= 4 is 45.8 Å². The molecule has 0 fully saturated rings. The minimum Gasteiger partial charge on any atom is -0.166 e. The maximum absolute atomic E-state index is 12.8. The zero-order valence-corrected chi connectivity index (χ0v) is 19.8. The van der Waals surface area contributed by atoms with Crippen LogP contribution in [0, 0.1) is 0 Å². The van der Waals surface area contributed by atoms with Crippen molar-refractivity contribution in [3.05, 3.63) is 130 Å². The standard InChI is InChI=1S/C32H20F6/c33-31(34,35)27-13-5-21(6-14-27)1-3-23-9-17-29-25(19-23)11-12-26-20-24(10-18-30(26)29)4-2-22-7-15-28(16-8-22)32(36,37)38/h1-20H. The maximum Gasteiger partial charge on any atom is 0.416 e. The summed E-state index contributed by atoms with van der Waals surface area (Å²) < 4.78 is 76.5. The van der Waals surface area contributed by atoms with E-state index in [1.54, 1.807) is 12.2 Å². The monoisotopic (exact) mass is 518 g/mol. The van der Waals surface area contributed by atoms with E-state index >= 15 is 0 Å². The Morgan fingerprint density at radius 2 is 0.684 bits per heavy atom. The Kier molecular flexibility index (Phi) is 6.57. The van der Waals surface area contributed by atoms with Crippen molar-refractivity contribution in [2.24, 2.45) is 0 Å². The largest absolute Gasteiger partial charge is 0.416 e. The molecule has 5 aromatic carbocycles. The van der Waals surface area contributed by atoms with Crippen LogP contribution in [0.15, 0.2) is 97.1 Å². The average molecular weight is 519 g/mol. The second-order valence-corrected chi connectivity index (χ2v) is 8.93. The molecule has 6 heteroatoms. The first-order valence-corrected chi connectivity index (χ1v) is 11.7. The third kappa shape index (κ3) is 5.65. The highest BCUT2D eigenvalue weighted by Gasteiger charge is 2.30. The topological polar surface area (TPSA) is 0 Å². The molecule has 0 amide bonds. The second kappa shape index (κ2) is 9.86. The van der Waals surface area contributed by atoms with Crippen LogP contribution in [0.5, 0.6) is 0 Å². The van der Waals surface area contributed by atoms with Gasteiger partial charge in [0.2, 0.25) is 0 Å². The van der Waals surface area contributed by atoms with Gasteiger partial charge in [-0.3, -0.25) is 0 Å². The molecule has 0 unspecified atom stereocenters. The highest BCUT2D eigenvalue weighted by molar-refractivity contribution is 6.08. The lowest BCUT2D eigenvalue weighted by Gasteiger charge is -2.07. The van der Waals surface area contributed by atoms with Crippen LogP contribution in [0.4, 0.5) is 26.3 Å². The Morgan fingerprint density at radius 1 is 0.368 bits per heavy atom. The fourth-order valence-electron chi connectivity index (χ4n) is 4.27. The van der Waals surface area contributed by atoms with Crippen LogP contribution in [0.1, 0.15) is 33.4 Å². The molecule has 5 rings (SSSR count). The van der Waals surface area contributed by atoms with E-state index in [-0.39, 0.29) is 0 Å². The Bertz CT molecular complexity index is 1530. The number of hydrogen-bond acceptors (Lipinski definition) is 0. The fourth-order valence-corrected chi connectivity index (χ4v) is 4.27. The van der Waals surface area contributed by atoms with Gasteiger partial charge in [-0.1, -0.05) is 85.0 Å². The third-order valence-electron chi connectivity index (χ3n) is 6.30. The van der Waals surface area contributed by atoms with Crippen molar-refractivity contribution in [3.63, 3.8) is 0 Å². The lowest BCUT2D eigenvalue weighted by atomic mass is 9.98. The SMILES string of the molecule is FC(F)(F)c1ccc(C=Cc2ccc3c(ccc4cc(C=Cc5ccc(C(F)(F)F)cc5)ccc43)c2)cc1. The molecule has 0 aromatic heterocycles. The van der Waals surface area contributed by atoms with Gasteiger partial charge in [0, 0.05) is 0 Å². The highest BCUT2D eigenvalue weighted by atomic mass is 19.4. The minimum atomic E-state index is -4.35. The van der Waals surface area contributed by atoms with Crippen LogP contribution in [-0.2, 0) is 12.4 Å². The number of rotatable bonds is 4. The summed E-state index contributed by atoms with van der Waals surface area (Å²) in [6.07, 6.45) is -1.43. The summed E-state index contributed by atoms with van der Waals surface area (Å²) in [5.41, 5.74) is 1.85. The van der Waals surface area contributed by atoms with Gasteiger partial charge in [-0.2, -0.15) is 26.3 Å². The summed E-state index contributed by atoms with van der Waals surface area (Å²) in [4.78, 5) is 0. The first kappa shape index (κ1) is 25.3. The van der Waals surface area contributed by atoms with Crippen LogP contribution in [-0.4, -0.2) is 0 Å². The summed E-state index contributed by atoms with van der Waals surface area (Å²) in [6, 6.07) is 26.1. The Hall–Kier alpha value is -4.32. The molecule has 0 aliphatic carbocycles.